The topological polar surface area (TPSA) is 23.6 Å². The van der Waals surface area contributed by atoms with Gasteiger partial charge in [-0.2, -0.15) is 0 Å². The number of likely N-dealkylation sites (tertiary alicyclic amines) is 1. The molecule has 0 bridgehead atoms. The molecule has 1 saturated heterocycles. The fourth-order valence-electron chi connectivity index (χ4n) is 2.39. The van der Waals surface area contributed by atoms with Gasteiger partial charge in [-0.05, 0) is 43.6 Å². The normalized spacial score (nSPS) is 16.6. The van der Waals surface area contributed by atoms with Gasteiger partial charge in [0.15, 0.2) is 0 Å². The quantitative estimate of drug-likeness (QED) is 0.817. The Hall–Kier alpha value is -1.35. The first-order chi connectivity index (χ1) is 8.66. The lowest BCUT2D eigenvalue weighted by Crippen LogP contribution is -2.29. The standard InChI is InChI=1S/C15H22N2O/c1-16(2)15(18)14-8-6-13(7-9-14)12-17-10-4-3-5-11-17/h6-9H,3-5,10-12H2,1-2H3. The van der Waals surface area contributed by atoms with Gasteiger partial charge in [0.2, 0.25) is 0 Å². The second-order valence-corrected chi connectivity index (χ2v) is 5.23. The van der Waals surface area contributed by atoms with E-state index in [-0.39, 0.29) is 5.91 Å². The van der Waals surface area contributed by atoms with Crippen LogP contribution in [0.3, 0.4) is 0 Å². The van der Waals surface area contributed by atoms with E-state index < -0.39 is 0 Å². The molecule has 0 unspecified atom stereocenters. The molecule has 0 radical (unpaired) electrons. The zero-order chi connectivity index (χ0) is 13.0. The van der Waals surface area contributed by atoms with Gasteiger partial charge < -0.3 is 4.90 Å². The van der Waals surface area contributed by atoms with E-state index in [9.17, 15) is 4.79 Å². The number of amides is 1. The van der Waals surface area contributed by atoms with Gasteiger partial charge in [-0.1, -0.05) is 18.6 Å². The molecule has 0 spiro atoms. The molecule has 0 N–H and O–H groups in total. The number of carbonyl (C=O) groups excluding carboxylic acids is 1. The molecule has 98 valence electrons. The Morgan fingerprint density at radius 2 is 1.72 bits per heavy atom. The highest BCUT2D eigenvalue weighted by molar-refractivity contribution is 5.93. The summed E-state index contributed by atoms with van der Waals surface area (Å²) in [4.78, 5) is 15.9. The van der Waals surface area contributed by atoms with Crippen molar-refractivity contribution >= 4 is 5.91 Å². The van der Waals surface area contributed by atoms with Crippen LogP contribution < -0.4 is 0 Å². The Morgan fingerprint density at radius 1 is 1.11 bits per heavy atom. The van der Waals surface area contributed by atoms with Crippen LogP contribution in [0.15, 0.2) is 24.3 Å². The molecule has 0 atom stereocenters. The van der Waals surface area contributed by atoms with Crippen molar-refractivity contribution in [3.63, 3.8) is 0 Å². The van der Waals surface area contributed by atoms with Crippen LogP contribution in [0.1, 0.15) is 35.2 Å². The molecule has 0 aliphatic carbocycles. The molecule has 3 heteroatoms. The summed E-state index contributed by atoms with van der Waals surface area (Å²) in [5, 5.41) is 0. The Kier molecular flexibility index (Phi) is 4.37. The summed E-state index contributed by atoms with van der Waals surface area (Å²) in [6, 6.07) is 8.01. The zero-order valence-corrected chi connectivity index (χ0v) is 11.4. The highest BCUT2D eigenvalue weighted by atomic mass is 16.2. The van der Waals surface area contributed by atoms with Crippen molar-refractivity contribution in [2.75, 3.05) is 27.2 Å². The number of hydrogen-bond acceptors (Lipinski definition) is 2. The Balaban J connectivity index is 1.96. The van der Waals surface area contributed by atoms with Crippen molar-refractivity contribution in [3.05, 3.63) is 35.4 Å². The molecule has 1 aliphatic rings. The number of carbonyl (C=O) groups is 1. The van der Waals surface area contributed by atoms with Gasteiger partial charge >= 0.3 is 0 Å². The summed E-state index contributed by atoms with van der Waals surface area (Å²) in [5.74, 6) is 0.0690. The molecule has 1 fully saturated rings. The van der Waals surface area contributed by atoms with Crippen molar-refractivity contribution in [1.82, 2.24) is 9.80 Å². The maximum atomic E-state index is 11.8. The lowest BCUT2D eigenvalue weighted by molar-refractivity contribution is 0.0827. The summed E-state index contributed by atoms with van der Waals surface area (Å²) >= 11 is 0. The minimum atomic E-state index is 0.0690. The van der Waals surface area contributed by atoms with E-state index in [4.69, 9.17) is 0 Å². The first-order valence-electron chi connectivity index (χ1n) is 6.70. The van der Waals surface area contributed by atoms with E-state index in [1.54, 1.807) is 19.0 Å². The minimum absolute atomic E-state index is 0.0690. The summed E-state index contributed by atoms with van der Waals surface area (Å²) in [7, 11) is 3.56. The van der Waals surface area contributed by atoms with E-state index >= 15 is 0 Å². The second-order valence-electron chi connectivity index (χ2n) is 5.23. The van der Waals surface area contributed by atoms with Gasteiger partial charge in [-0.15, -0.1) is 0 Å². The van der Waals surface area contributed by atoms with Crippen LogP contribution >= 0.6 is 0 Å². The lowest BCUT2D eigenvalue weighted by Gasteiger charge is -2.26. The number of piperidine rings is 1. The summed E-state index contributed by atoms with van der Waals surface area (Å²) in [6.45, 7) is 3.42. The average Bonchev–Trinajstić information content (AvgIpc) is 2.40. The fraction of sp³-hybridized carbons (Fsp3) is 0.533. The average molecular weight is 246 g/mol. The van der Waals surface area contributed by atoms with Crippen LogP contribution in [-0.4, -0.2) is 42.9 Å². The van der Waals surface area contributed by atoms with Crippen molar-refractivity contribution in [2.24, 2.45) is 0 Å². The third-order valence-corrected chi connectivity index (χ3v) is 3.46. The van der Waals surface area contributed by atoms with Crippen LogP contribution in [0, 0.1) is 0 Å². The fourth-order valence-corrected chi connectivity index (χ4v) is 2.39. The van der Waals surface area contributed by atoms with Crippen LogP contribution in [0.4, 0.5) is 0 Å². The maximum absolute atomic E-state index is 11.8. The Labute approximate surface area is 109 Å². The summed E-state index contributed by atoms with van der Waals surface area (Å²) < 4.78 is 0. The van der Waals surface area contributed by atoms with Crippen LogP contribution in [-0.2, 0) is 6.54 Å². The Bertz CT molecular complexity index is 391. The highest BCUT2D eigenvalue weighted by Crippen LogP contribution is 2.14. The number of benzene rings is 1. The third-order valence-electron chi connectivity index (χ3n) is 3.46. The molecule has 18 heavy (non-hydrogen) atoms. The SMILES string of the molecule is CN(C)C(=O)c1ccc(CN2CCCCC2)cc1. The number of nitrogens with zero attached hydrogens (tertiary/aromatic N) is 2. The predicted molar refractivity (Wildman–Crippen MR) is 73.6 cm³/mol. The second kappa shape index (κ2) is 6.01. The van der Waals surface area contributed by atoms with Gasteiger partial charge in [-0.3, -0.25) is 9.69 Å². The van der Waals surface area contributed by atoms with Gasteiger partial charge in [0.1, 0.15) is 0 Å². The molecule has 1 aliphatic heterocycles. The molecule has 2 rings (SSSR count). The van der Waals surface area contributed by atoms with Crippen molar-refractivity contribution in [3.8, 4) is 0 Å². The van der Waals surface area contributed by atoms with Gasteiger partial charge in [0.05, 0.1) is 0 Å². The smallest absolute Gasteiger partial charge is 0.253 e. The lowest BCUT2D eigenvalue weighted by atomic mass is 10.1. The molecule has 1 aromatic carbocycles. The first-order valence-corrected chi connectivity index (χ1v) is 6.70. The molecule has 0 aromatic heterocycles. The van der Waals surface area contributed by atoms with Gasteiger partial charge in [0.25, 0.3) is 5.91 Å². The van der Waals surface area contributed by atoms with Crippen LogP contribution in [0.25, 0.3) is 0 Å². The van der Waals surface area contributed by atoms with Crippen molar-refractivity contribution in [1.29, 1.82) is 0 Å². The maximum Gasteiger partial charge on any atom is 0.253 e. The van der Waals surface area contributed by atoms with Crippen molar-refractivity contribution < 1.29 is 4.79 Å². The third kappa shape index (κ3) is 3.33. The monoisotopic (exact) mass is 246 g/mol. The van der Waals surface area contributed by atoms with E-state index in [1.165, 1.54) is 37.9 Å². The molecular formula is C15H22N2O. The van der Waals surface area contributed by atoms with E-state index in [1.807, 2.05) is 12.1 Å². The largest absolute Gasteiger partial charge is 0.345 e. The molecule has 1 heterocycles. The van der Waals surface area contributed by atoms with Crippen molar-refractivity contribution in [2.45, 2.75) is 25.8 Å². The van der Waals surface area contributed by atoms with Crippen LogP contribution in [0.2, 0.25) is 0 Å². The van der Waals surface area contributed by atoms with E-state index in [0.29, 0.717) is 0 Å². The molecule has 1 aromatic rings. The molecule has 0 saturated carbocycles. The number of rotatable bonds is 3. The molecule has 3 nitrogen and oxygen atoms in total. The minimum Gasteiger partial charge on any atom is -0.345 e. The van der Waals surface area contributed by atoms with Gasteiger partial charge in [0, 0.05) is 26.2 Å². The molecular weight excluding hydrogens is 224 g/mol. The highest BCUT2D eigenvalue weighted by Gasteiger charge is 2.11. The predicted octanol–water partition coefficient (Wildman–Crippen LogP) is 2.37. The molecule has 1 amide bonds. The summed E-state index contributed by atoms with van der Waals surface area (Å²) in [6.07, 6.45) is 4.00. The van der Waals surface area contributed by atoms with Gasteiger partial charge in [-0.25, -0.2) is 0 Å². The Morgan fingerprint density at radius 3 is 2.28 bits per heavy atom. The zero-order valence-electron chi connectivity index (χ0n) is 11.4. The first kappa shape index (κ1) is 13.1. The number of hydrogen-bond donors (Lipinski definition) is 0. The van der Waals surface area contributed by atoms with E-state index in [0.717, 1.165) is 12.1 Å². The van der Waals surface area contributed by atoms with Crippen LogP contribution in [0.5, 0.6) is 0 Å². The van der Waals surface area contributed by atoms with E-state index in [2.05, 4.69) is 17.0 Å². The summed E-state index contributed by atoms with van der Waals surface area (Å²) in [5.41, 5.74) is 2.06.